The van der Waals surface area contributed by atoms with Crippen molar-refractivity contribution in [3.63, 3.8) is 0 Å². The molecule has 4 aromatic carbocycles. The quantitative estimate of drug-likeness (QED) is 0.195. The van der Waals surface area contributed by atoms with Gasteiger partial charge in [0, 0.05) is 35.4 Å². The Morgan fingerprint density at radius 1 is 0.619 bits per heavy atom. The van der Waals surface area contributed by atoms with Gasteiger partial charge in [0.25, 0.3) is 0 Å². The topological polar surface area (TPSA) is 35.1 Å². The highest BCUT2D eigenvalue weighted by Gasteiger charge is 2.40. The monoisotopic (exact) mass is 552 g/mol. The second-order valence-corrected chi connectivity index (χ2v) is 10.3. The van der Waals surface area contributed by atoms with Crippen molar-refractivity contribution in [2.75, 3.05) is 0 Å². The van der Waals surface area contributed by atoms with Crippen LogP contribution < -0.4 is 0 Å². The fourth-order valence-electron chi connectivity index (χ4n) is 5.86. The summed E-state index contributed by atoms with van der Waals surface area (Å²) in [5.41, 5.74) is 5.06. The molecule has 0 spiro atoms. The fourth-order valence-corrected chi connectivity index (χ4v) is 5.86. The predicted molar refractivity (Wildman–Crippen MR) is 161 cm³/mol. The minimum atomic E-state index is -0.951. The molecule has 0 unspecified atom stereocenters. The molecule has 7 rings (SSSR count). The molecule has 204 valence electrons. The summed E-state index contributed by atoms with van der Waals surface area (Å²) in [5, 5.41) is 5.08. The average Bonchev–Trinajstić information content (AvgIpc) is 3.63. The number of nitrogens with zero attached hydrogens (tertiary/aromatic N) is 4. The van der Waals surface area contributed by atoms with Gasteiger partial charge < -0.3 is 4.40 Å². The van der Waals surface area contributed by atoms with E-state index in [-0.39, 0.29) is 11.3 Å². The van der Waals surface area contributed by atoms with Crippen LogP contribution in [0.3, 0.4) is 0 Å². The van der Waals surface area contributed by atoms with Crippen LogP contribution in [0.25, 0.3) is 28.0 Å². The molecule has 0 radical (unpaired) electrons. The lowest BCUT2D eigenvalue weighted by molar-refractivity contribution is 0.460. The minimum absolute atomic E-state index is 0.170. The van der Waals surface area contributed by atoms with E-state index < -0.39 is 17.2 Å². The van der Waals surface area contributed by atoms with Crippen molar-refractivity contribution in [3.05, 3.63) is 174 Å². The molecule has 0 N–H and O–H groups in total. The smallest absolute Gasteiger partial charge is 0.138 e. The van der Waals surface area contributed by atoms with E-state index in [4.69, 9.17) is 5.10 Å². The van der Waals surface area contributed by atoms with Gasteiger partial charge in [-0.2, -0.15) is 5.10 Å². The number of imidazole rings is 1. The summed E-state index contributed by atoms with van der Waals surface area (Å²) in [4.78, 5) is 4.45. The van der Waals surface area contributed by atoms with Crippen LogP contribution in [0.5, 0.6) is 0 Å². The Hall–Kier alpha value is -5.36. The number of halogens is 2. The third kappa shape index (κ3) is 4.03. The molecule has 42 heavy (non-hydrogen) atoms. The maximum atomic E-state index is 15.5. The summed E-state index contributed by atoms with van der Waals surface area (Å²) in [6.45, 7) is 1.97. The van der Waals surface area contributed by atoms with E-state index in [0.717, 1.165) is 33.6 Å². The summed E-state index contributed by atoms with van der Waals surface area (Å²) in [5.74, 6) is -1.35. The van der Waals surface area contributed by atoms with Crippen LogP contribution in [0, 0.1) is 18.6 Å². The van der Waals surface area contributed by atoms with Gasteiger partial charge in [0.1, 0.15) is 28.5 Å². The normalized spacial score (nSPS) is 11.7. The van der Waals surface area contributed by atoms with Gasteiger partial charge in [-0.05, 0) is 47.9 Å². The van der Waals surface area contributed by atoms with Gasteiger partial charge in [-0.25, -0.2) is 13.8 Å². The first-order valence-corrected chi connectivity index (χ1v) is 13.7. The SMILES string of the molecule is Cc1cnc2ccc(-c3cn(C(c4ccccc4)(c4ccccc4)c4ccccc4)nc3-c3c(F)cccc3F)cn12. The van der Waals surface area contributed by atoms with Gasteiger partial charge in [0.15, 0.2) is 0 Å². The molecule has 0 bridgehead atoms. The second kappa shape index (κ2) is 10.2. The predicted octanol–water partition coefficient (Wildman–Crippen LogP) is 8.29. The van der Waals surface area contributed by atoms with E-state index in [9.17, 15) is 0 Å². The number of aryl methyl sites for hydroxylation is 1. The number of pyridine rings is 1. The van der Waals surface area contributed by atoms with Crippen LogP contribution in [0.1, 0.15) is 22.4 Å². The molecule has 0 atom stereocenters. The maximum absolute atomic E-state index is 15.5. The Kier molecular flexibility index (Phi) is 6.24. The van der Waals surface area contributed by atoms with Crippen LogP contribution >= 0.6 is 0 Å². The van der Waals surface area contributed by atoms with Gasteiger partial charge >= 0.3 is 0 Å². The van der Waals surface area contributed by atoms with Gasteiger partial charge in [-0.3, -0.25) is 4.68 Å². The van der Waals surface area contributed by atoms with Crippen molar-refractivity contribution in [2.45, 2.75) is 12.5 Å². The largest absolute Gasteiger partial charge is 0.304 e. The number of benzene rings is 4. The number of fused-ring (bicyclic) bond motifs is 1. The number of hydrogen-bond acceptors (Lipinski definition) is 2. The van der Waals surface area contributed by atoms with Gasteiger partial charge in [0.2, 0.25) is 0 Å². The van der Waals surface area contributed by atoms with E-state index in [2.05, 4.69) is 41.4 Å². The first-order valence-electron chi connectivity index (χ1n) is 13.7. The molecule has 7 aromatic rings. The van der Waals surface area contributed by atoms with Crippen molar-refractivity contribution >= 4 is 5.65 Å². The maximum Gasteiger partial charge on any atom is 0.138 e. The van der Waals surface area contributed by atoms with E-state index in [1.807, 2.05) is 95.1 Å². The van der Waals surface area contributed by atoms with Crippen LogP contribution in [-0.2, 0) is 5.54 Å². The molecule has 0 amide bonds. The molecule has 3 heterocycles. The first kappa shape index (κ1) is 25.6. The number of hydrogen-bond donors (Lipinski definition) is 0. The molecule has 0 fully saturated rings. The Morgan fingerprint density at radius 3 is 1.71 bits per heavy atom. The Morgan fingerprint density at radius 2 is 1.17 bits per heavy atom. The van der Waals surface area contributed by atoms with E-state index in [1.54, 1.807) is 6.20 Å². The molecule has 0 saturated carbocycles. The van der Waals surface area contributed by atoms with Gasteiger partial charge in [-0.1, -0.05) is 97.1 Å². The molecule has 6 heteroatoms. The highest BCUT2D eigenvalue weighted by molar-refractivity contribution is 5.81. The molecule has 4 nitrogen and oxygen atoms in total. The lowest BCUT2D eigenvalue weighted by atomic mass is 9.77. The Bertz CT molecular complexity index is 1900. The Labute approximate surface area is 242 Å². The summed E-state index contributed by atoms with van der Waals surface area (Å²) in [7, 11) is 0. The third-order valence-corrected chi connectivity index (χ3v) is 7.83. The van der Waals surface area contributed by atoms with Crippen LogP contribution in [-0.4, -0.2) is 19.2 Å². The van der Waals surface area contributed by atoms with Gasteiger partial charge in [-0.15, -0.1) is 0 Å². The molecular formula is C36H26F2N4. The van der Waals surface area contributed by atoms with Crippen LogP contribution in [0.2, 0.25) is 0 Å². The van der Waals surface area contributed by atoms with Crippen LogP contribution in [0.4, 0.5) is 8.78 Å². The van der Waals surface area contributed by atoms with E-state index >= 15 is 8.78 Å². The van der Waals surface area contributed by atoms with E-state index in [1.165, 1.54) is 18.2 Å². The van der Waals surface area contributed by atoms with Gasteiger partial charge in [0.05, 0.1) is 5.56 Å². The molecule has 0 aliphatic rings. The first-order chi connectivity index (χ1) is 20.6. The lowest BCUT2D eigenvalue weighted by Crippen LogP contribution is -2.38. The molecule has 0 saturated heterocycles. The van der Waals surface area contributed by atoms with Crippen LogP contribution in [0.15, 0.2) is 140 Å². The highest BCUT2D eigenvalue weighted by atomic mass is 19.1. The number of aromatic nitrogens is 4. The average molecular weight is 553 g/mol. The van der Waals surface area contributed by atoms with Crippen molar-refractivity contribution in [1.82, 2.24) is 19.2 Å². The molecule has 0 aliphatic carbocycles. The fraction of sp³-hybridized carbons (Fsp3) is 0.0556. The van der Waals surface area contributed by atoms with Crippen molar-refractivity contribution in [3.8, 4) is 22.4 Å². The summed E-state index contributed by atoms with van der Waals surface area (Å²) in [6.07, 6.45) is 5.64. The molecular weight excluding hydrogens is 526 g/mol. The lowest BCUT2D eigenvalue weighted by Gasteiger charge is -2.36. The zero-order valence-corrected chi connectivity index (χ0v) is 22.8. The molecule has 3 aromatic heterocycles. The van der Waals surface area contributed by atoms with E-state index in [0.29, 0.717) is 5.56 Å². The highest BCUT2D eigenvalue weighted by Crippen LogP contribution is 2.43. The minimum Gasteiger partial charge on any atom is -0.304 e. The second-order valence-electron chi connectivity index (χ2n) is 10.3. The Balaban J connectivity index is 1.61. The van der Waals surface area contributed by atoms with Crippen molar-refractivity contribution < 1.29 is 8.78 Å². The zero-order chi connectivity index (χ0) is 28.7. The summed E-state index contributed by atoms with van der Waals surface area (Å²) < 4.78 is 34.8. The van der Waals surface area contributed by atoms with Crippen molar-refractivity contribution in [1.29, 1.82) is 0 Å². The third-order valence-electron chi connectivity index (χ3n) is 7.83. The molecule has 0 aliphatic heterocycles. The number of rotatable bonds is 6. The summed E-state index contributed by atoms with van der Waals surface area (Å²) in [6, 6.07) is 38.0. The zero-order valence-electron chi connectivity index (χ0n) is 22.8. The standard InChI is InChI=1S/C36H26F2N4/c1-25-22-39-33-21-20-26(23-41(25)33)30-24-42(40-35(30)34-31(37)18-11-19-32(34)38)36(27-12-5-2-6-13-27,28-14-7-3-8-15-28)29-16-9-4-10-17-29/h2-24H,1H3. The van der Waals surface area contributed by atoms with Crippen molar-refractivity contribution in [2.24, 2.45) is 0 Å². The summed E-state index contributed by atoms with van der Waals surface area (Å²) >= 11 is 0.